The fourth-order valence-electron chi connectivity index (χ4n) is 10.8. The van der Waals surface area contributed by atoms with Gasteiger partial charge in [-0.2, -0.15) is 0 Å². The molecule has 3 aliphatic heterocycles. The van der Waals surface area contributed by atoms with Crippen LogP contribution < -0.4 is 0 Å². The van der Waals surface area contributed by atoms with Crippen LogP contribution in [0, 0.1) is 29.6 Å². The Balaban J connectivity index is 1.87. The zero-order valence-electron chi connectivity index (χ0n) is 47.0. The van der Waals surface area contributed by atoms with Gasteiger partial charge in [0.25, 0.3) is 11.7 Å². The van der Waals surface area contributed by atoms with Crippen molar-refractivity contribution < 1.29 is 56.8 Å². The van der Waals surface area contributed by atoms with E-state index in [0.717, 1.165) is 30.4 Å². The van der Waals surface area contributed by atoms with Crippen molar-refractivity contribution in [2.24, 2.45) is 29.6 Å². The second kappa shape index (κ2) is 24.5. The standard InChI is InChI=1S/C55H97NO12Si2/c1-20-40-28-34(2)27-35(3)29-46(63-14)49-47(64-15)31-37(5)55(61,66-49)50(58)51(59)56-26-22-21-23-41(56)52(60)65-48(38(6)44(33-42(40)57)68-70(18,19)54(10,11)12)36(4)30-39-24-25-43(45(32-39)62-13)67-69(16,17)53(7,8)9/h28,30,35,37-41,43-49,61H,20-27,29,31-33H2,1-19H3/b34-28+,36-30+/t35-,37+,38+,39-,40+,41-,43+,44-,45+,46-,47-,48+,49+,55+/m0/s1. The molecule has 0 aromatic carbocycles. The molecule has 15 heteroatoms. The van der Waals surface area contributed by atoms with E-state index in [4.69, 9.17) is 32.5 Å². The van der Waals surface area contributed by atoms with Gasteiger partial charge in [0.2, 0.25) is 5.79 Å². The predicted molar refractivity (Wildman–Crippen MR) is 280 cm³/mol. The molecular formula is C55H97NO12Si2. The average Bonchev–Trinajstić information content (AvgIpc) is 3.27. The molecule has 3 heterocycles. The molecule has 14 atom stereocenters. The lowest BCUT2D eigenvalue weighted by molar-refractivity contribution is -0.302. The summed E-state index contributed by atoms with van der Waals surface area (Å²) in [4.78, 5) is 60.3. The largest absolute Gasteiger partial charge is 0.456 e. The molecule has 0 spiro atoms. The van der Waals surface area contributed by atoms with E-state index in [1.165, 1.54) is 4.90 Å². The number of allylic oxidation sites excluding steroid dienone is 3. The molecule has 3 fully saturated rings. The fourth-order valence-corrected chi connectivity index (χ4v) is 13.5. The molecule has 4 rings (SSSR count). The highest BCUT2D eigenvalue weighted by molar-refractivity contribution is 6.74. The van der Waals surface area contributed by atoms with Gasteiger partial charge in [0.05, 0.1) is 30.5 Å². The monoisotopic (exact) mass is 1020 g/mol. The first kappa shape index (κ1) is 60.5. The molecule has 70 heavy (non-hydrogen) atoms. The number of amides is 1. The number of aliphatic hydroxyl groups is 1. The highest BCUT2D eigenvalue weighted by atomic mass is 28.4. The van der Waals surface area contributed by atoms with Crippen molar-refractivity contribution in [1.82, 2.24) is 4.90 Å². The number of hydrogen-bond acceptors (Lipinski definition) is 12. The van der Waals surface area contributed by atoms with Gasteiger partial charge in [0.15, 0.2) is 16.6 Å². The number of piperidine rings is 1. The first-order chi connectivity index (χ1) is 32.4. The summed E-state index contributed by atoms with van der Waals surface area (Å²) in [6.45, 7) is 34.2. The van der Waals surface area contributed by atoms with E-state index in [1.54, 1.807) is 28.3 Å². The summed E-state index contributed by atoms with van der Waals surface area (Å²) in [5.74, 6) is -6.72. The maximum Gasteiger partial charge on any atom is 0.329 e. The van der Waals surface area contributed by atoms with E-state index < -0.39 is 88.5 Å². The summed E-state index contributed by atoms with van der Waals surface area (Å²) < 4.78 is 45.4. The van der Waals surface area contributed by atoms with Crippen LogP contribution in [0.3, 0.4) is 0 Å². The van der Waals surface area contributed by atoms with E-state index >= 15 is 4.79 Å². The maximum atomic E-state index is 15.0. The SMILES string of the molecule is CC[C@@H]1/C=C(\C)C[C@H](C)C[C@H](OC)[C@H]2O[C@@](O)(C(=O)C(=O)N3CCCC[C@H]3C(=O)O[C@H](/C(C)=C/[C@@H]3CC[C@@H](O[Si](C)(C)C(C)(C)C)[C@H](OC)C3)[C@H](C)[C@@H](O[Si](C)(C)C(C)(C)C)CC1=O)[C@H](C)C[C@@H]2OC. The normalized spacial score (nSPS) is 36.7. The van der Waals surface area contributed by atoms with Crippen LogP contribution in [0.4, 0.5) is 0 Å². The van der Waals surface area contributed by atoms with Crippen LogP contribution in [0.1, 0.15) is 154 Å². The molecule has 13 nitrogen and oxygen atoms in total. The Kier molecular flexibility index (Phi) is 21.2. The zero-order chi connectivity index (χ0) is 52.9. The summed E-state index contributed by atoms with van der Waals surface area (Å²) in [7, 11) is 0.260. The third-order valence-electron chi connectivity index (χ3n) is 17.3. The van der Waals surface area contributed by atoms with Crippen LogP contribution in [-0.4, -0.2) is 133 Å². The number of rotatable bonds is 10. The molecule has 402 valence electrons. The van der Waals surface area contributed by atoms with Crippen LogP contribution in [-0.2, 0) is 51.7 Å². The van der Waals surface area contributed by atoms with Crippen molar-refractivity contribution in [3.8, 4) is 0 Å². The van der Waals surface area contributed by atoms with Gasteiger partial charge in [-0.25, -0.2) is 4.79 Å². The molecule has 2 saturated heterocycles. The van der Waals surface area contributed by atoms with Gasteiger partial charge in [0.1, 0.15) is 24.0 Å². The Morgan fingerprint density at radius 1 is 0.800 bits per heavy atom. The van der Waals surface area contributed by atoms with Gasteiger partial charge in [-0.15, -0.1) is 0 Å². The second-order valence-electron chi connectivity index (χ2n) is 24.9. The van der Waals surface area contributed by atoms with Crippen LogP contribution in [0.5, 0.6) is 0 Å². The number of cyclic esters (lactones) is 1. The molecule has 1 saturated carbocycles. The summed E-state index contributed by atoms with van der Waals surface area (Å²) in [6.07, 6.45) is 6.65. The molecule has 1 amide bonds. The number of nitrogens with zero attached hydrogens (tertiary/aromatic N) is 1. The lowest BCUT2D eigenvalue weighted by Crippen LogP contribution is -2.64. The van der Waals surface area contributed by atoms with Crippen molar-refractivity contribution in [2.45, 2.75) is 245 Å². The molecule has 4 aliphatic rings. The van der Waals surface area contributed by atoms with E-state index in [9.17, 15) is 19.5 Å². The zero-order valence-corrected chi connectivity index (χ0v) is 49.0. The fraction of sp³-hybridized carbons (Fsp3) is 0.855. The van der Waals surface area contributed by atoms with Crippen LogP contribution in [0.15, 0.2) is 23.3 Å². The number of fused-ring (bicyclic) bond motifs is 3. The maximum absolute atomic E-state index is 15.0. The molecular weight excluding hydrogens is 923 g/mol. The van der Waals surface area contributed by atoms with Gasteiger partial charge >= 0.3 is 5.97 Å². The molecule has 2 bridgehead atoms. The van der Waals surface area contributed by atoms with Crippen molar-refractivity contribution in [1.29, 1.82) is 0 Å². The lowest BCUT2D eigenvalue weighted by Gasteiger charge is -2.47. The summed E-state index contributed by atoms with van der Waals surface area (Å²) in [5.41, 5.74) is 1.88. The van der Waals surface area contributed by atoms with Gasteiger partial charge < -0.3 is 42.5 Å². The van der Waals surface area contributed by atoms with Crippen molar-refractivity contribution in [3.63, 3.8) is 0 Å². The van der Waals surface area contributed by atoms with Crippen molar-refractivity contribution in [3.05, 3.63) is 23.3 Å². The van der Waals surface area contributed by atoms with Gasteiger partial charge in [-0.05, 0) is 132 Å². The first-order valence-corrected chi connectivity index (χ1v) is 32.5. The Morgan fingerprint density at radius 3 is 1.93 bits per heavy atom. The van der Waals surface area contributed by atoms with Crippen LogP contribution in [0.25, 0.3) is 0 Å². The smallest absolute Gasteiger partial charge is 0.329 e. The van der Waals surface area contributed by atoms with E-state index in [1.807, 2.05) is 20.8 Å². The minimum absolute atomic E-state index is 0.0335. The molecule has 1 aliphatic carbocycles. The van der Waals surface area contributed by atoms with Crippen LogP contribution >= 0.6 is 0 Å². The number of esters is 1. The van der Waals surface area contributed by atoms with Crippen molar-refractivity contribution in [2.75, 3.05) is 27.9 Å². The highest BCUT2D eigenvalue weighted by Crippen LogP contribution is 2.44. The highest BCUT2D eigenvalue weighted by Gasteiger charge is 2.57. The van der Waals surface area contributed by atoms with E-state index in [-0.39, 0.29) is 71.6 Å². The van der Waals surface area contributed by atoms with E-state index in [2.05, 4.69) is 93.7 Å². The van der Waals surface area contributed by atoms with Gasteiger partial charge in [-0.3, -0.25) is 14.4 Å². The third kappa shape index (κ3) is 14.4. The quantitative estimate of drug-likeness (QED) is 0.0958. The average molecular weight is 1020 g/mol. The molecule has 1 N–H and O–H groups in total. The lowest BCUT2D eigenvalue weighted by atomic mass is 9.81. The summed E-state index contributed by atoms with van der Waals surface area (Å²) in [6, 6.07) is -1.10. The number of ketones is 2. The minimum Gasteiger partial charge on any atom is -0.456 e. The Bertz CT molecular complexity index is 1850. The third-order valence-corrected chi connectivity index (χ3v) is 26.4. The molecule has 0 aromatic heterocycles. The Hall–Kier alpha value is -2.09. The predicted octanol–water partition coefficient (Wildman–Crippen LogP) is 10.5. The topological polar surface area (TPSA) is 156 Å². The Labute approximate surface area is 425 Å². The minimum atomic E-state index is -2.54. The van der Waals surface area contributed by atoms with E-state index in [0.29, 0.717) is 32.1 Å². The number of carbonyl (C=O) groups excluding carboxylic acids is 4. The van der Waals surface area contributed by atoms with Crippen LogP contribution in [0.2, 0.25) is 36.3 Å². The first-order valence-electron chi connectivity index (χ1n) is 26.6. The van der Waals surface area contributed by atoms with Gasteiger partial charge in [0, 0.05) is 52.0 Å². The molecule has 0 aromatic rings. The Morgan fingerprint density at radius 2 is 1.37 bits per heavy atom. The van der Waals surface area contributed by atoms with Gasteiger partial charge in [-0.1, -0.05) is 87.0 Å². The molecule has 0 radical (unpaired) electrons. The number of ether oxygens (including phenoxy) is 5. The van der Waals surface area contributed by atoms with Crippen molar-refractivity contribution >= 4 is 40.1 Å². The second-order valence-corrected chi connectivity index (χ2v) is 34.4. The number of carbonyl (C=O) groups is 4. The molecule has 0 unspecified atom stereocenters. The number of Topliss-reactive ketones (excluding diaryl/α,β-unsaturated/α-hetero) is 2. The summed E-state index contributed by atoms with van der Waals surface area (Å²) in [5, 5.41) is 12.1. The number of methoxy groups -OCH3 is 3. The number of hydrogen-bond donors (Lipinski definition) is 1. The summed E-state index contributed by atoms with van der Waals surface area (Å²) >= 11 is 0.